The van der Waals surface area contributed by atoms with Crippen LogP contribution in [-0.2, 0) is 18.4 Å². The predicted octanol–water partition coefficient (Wildman–Crippen LogP) is 1.18. The van der Waals surface area contributed by atoms with Gasteiger partial charge in [0.15, 0.2) is 0 Å². The molecule has 6 heteroatoms. The molecule has 1 aromatic heterocycles. The number of carbonyl (C=O) groups is 1. The topological polar surface area (TPSA) is 44.6 Å². The number of amides is 1. The molecule has 2 aliphatic heterocycles. The minimum Gasteiger partial charge on any atom is -0.338 e. The molecule has 0 aliphatic carbocycles. The van der Waals surface area contributed by atoms with Gasteiger partial charge in [-0.15, -0.1) is 0 Å². The fourth-order valence-electron chi connectivity index (χ4n) is 4.05. The van der Waals surface area contributed by atoms with Gasteiger partial charge in [-0.1, -0.05) is 0 Å². The molecule has 24 heavy (non-hydrogen) atoms. The molecule has 0 aromatic carbocycles. The molecule has 134 valence electrons. The van der Waals surface area contributed by atoms with Crippen molar-refractivity contribution in [2.45, 2.75) is 38.3 Å². The lowest BCUT2D eigenvalue weighted by atomic mass is 9.93. The zero-order valence-corrected chi connectivity index (χ0v) is 15.3. The Morgan fingerprint density at radius 1 is 1.25 bits per heavy atom. The second-order valence-corrected chi connectivity index (χ2v) is 7.52. The number of hydrogen-bond acceptors (Lipinski definition) is 4. The SMILES string of the molecule is CN1CCC(N2CCC[C@H](C(=O)N(C)Cc3nccn3C)C2)CC1. The summed E-state index contributed by atoms with van der Waals surface area (Å²) in [6.07, 6.45) is 8.35. The fourth-order valence-corrected chi connectivity index (χ4v) is 4.05. The Bertz CT molecular complexity index is 549. The number of rotatable bonds is 4. The monoisotopic (exact) mass is 333 g/mol. The maximum Gasteiger partial charge on any atom is 0.227 e. The molecule has 0 radical (unpaired) electrons. The largest absolute Gasteiger partial charge is 0.338 e. The lowest BCUT2D eigenvalue weighted by molar-refractivity contribution is -0.137. The van der Waals surface area contributed by atoms with Crippen LogP contribution in [-0.4, -0.2) is 76.5 Å². The number of aryl methyl sites for hydroxylation is 1. The number of piperidine rings is 2. The Balaban J connectivity index is 1.55. The van der Waals surface area contributed by atoms with Gasteiger partial charge >= 0.3 is 0 Å². The quantitative estimate of drug-likeness (QED) is 0.830. The van der Waals surface area contributed by atoms with E-state index in [9.17, 15) is 4.79 Å². The molecular formula is C18H31N5O. The van der Waals surface area contributed by atoms with Gasteiger partial charge in [-0.05, 0) is 52.4 Å². The zero-order valence-electron chi connectivity index (χ0n) is 15.3. The van der Waals surface area contributed by atoms with Crippen molar-refractivity contribution in [3.05, 3.63) is 18.2 Å². The second kappa shape index (κ2) is 7.66. The van der Waals surface area contributed by atoms with E-state index in [1.54, 1.807) is 6.20 Å². The van der Waals surface area contributed by atoms with Gasteiger partial charge in [0.05, 0.1) is 12.5 Å². The van der Waals surface area contributed by atoms with Crippen molar-refractivity contribution in [1.29, 1.82) is 0 Å². The minimum absolute atomic E-state index is 0.142. The summed E-state index contributed by atoms with van der Waals surface area (Å²) in [6.45, 7) is 5.03. The highest BCUT2D eigenvalue weighted by Gasteiger charge is 2.32. The van der Waals surface area contributed by atoms with Crippen LogP contribution < -0.4 is 0 Å². The maximum atomic E-state index is 12.9. The van der Waals surface area contributed by atoms with Crippen LogP contribution in [0.4, 0.5) is 0 Å². The van der Waals surface area contributed by atoms with Gasteiger partial charge in [-0.25, -0.2) is 4.98 Å². The zero-order chi connectivity index (χ0) is 17.1. The Hall–Kier alpha value is -1.40. The summed E-state index contributed by atoms with van der Waals surface area (Å²) in [7, 11) is 6.08. The average molecular weight is 333 g/mol. The van der Waals surface area contributed by atoms with Gasteiger partial charge in [-0.3, -0.25) is 9.69 Å². The third-order valence-electron chi connectivity index (χ3n) is 5.68. The molecule has 2 saturated heterocycles. The van der Waals surface area contributed by atoms with Crippen LogP contribution in [0.2, 0.25) is 0 Å². The third-order valence-corrected chi connectivity index (χ3v) is 5.68. The molecular weight excluding hydrogens is 302 g/mol. The van der Waals surface area contributed by atoms with Gasteiger partial charge in [0.25, 0.3) is 0 Å². The number of carbonyl (C=O) groups excluding carboxylic acids is 1. The lowest BCUT2D eigenvalue weighted by Gasteiger charge is -2.41. The smallest absolute Gasteiger partial charge is 0.227 e. The summed E-state index contributed by atoms with van der Waals surface area (Å²) in [4.78, 5) is 24.0. The molecule has 0 saturated carbocycles. The highest BCUT2D eigenvalue weighted by atomic mass is 16.2. The summed E-state index contributed by atoms with van der Waals surface area (Å²) >= 11 is 0. The lowest BCUT2D eigenvalue weighted by Crippen LogP contribution is -2.50. The minimum atomic E-state index is 0.142. The van der Waals surface area contributed by atoms with Crippen LogP contribution in [0.15, 0.2) is 12.4 Å². The molecule has 0 unspecified atom stereocenters. The van der Waals surface area contributed by atoms with Gasteiger partial charge < -0.3 is 14.4 Å². The van der Waals surface area contributed by atoms with Crippen molar-refractivity contribution >= 4 is 5.91 Å². The molecule has 2 fully saturated rings. The van der Waals surface area contributed by atoms with E-state index in [4.69, 9.17) is 0 Å². The molecule has 1 amide bonds. The Morgan fingerprint density at radius 2 is 2.00 bits per heavy atom. The summed E-state index contributed by atoms with van der Waals surface area (Å²) < 4.78 is 1.98. The molecule has 3 rings (SSSR count). The molecule has 0 spiro atoms. The number of hydrogen-bond donors (Lipinski definition) is 0. The van der Waals surface area contributed by atoms with E-state index >= 15 is 0 Å². The summed E-state index contributed by atoms with van der Waals surface area (Å²) in [5.41, 5.74) is 0. The van der Waals surface area contributed by atoms with E-state index in [0.29, 0.717) is 12.6 Å². The van der Waals surface area contributed by atoms with E-state index in [-0.39, 0.29) is 11.8 Å². The first-order valence-corrected chi connectivity index (χ1v) is 9.18. The number of likely N-dealkylation sites (tertiary alicyclic amines) is 2. The first kappa shape index (κ1) is 17.4. The van der Waals surface area contributed by atoms with E-state index in [1.165, 1.54) is 25.9 Å². The van der Waals surface area contributed by atoms with Crippen molar-refractivity contribution in [1.82, 2.24) is 24.3 Å². The van der Waals surface area contributed by atoms with Crippen LogP contribution in [0.5, 0.6) is 0 Å². The van der Waals surface area contributed by atoms with Gasteiger partial charge in [0.2, 0.25) is 5.91 Å². The molecule has 2 aliphatic rings. The maximum absolute atomic E-state index is 12.9. The van der Waals surface area contributed by atoms with Gasteiger partial charge in [0, 0.05) is 39.1 Å². The molecule has 0 bridgehead atoms. The van der Waals surface area contributed by atoms with Crippen LogP contribution in [0.25, 0.3) is 0 Å². The standard InChI is InChI=1S/C18H31N5O/c1-20-10-6-16(7-11-20)23-9-4-5-15(13-23)18(24)22(3)14-17-19-8-12-21(17)2/h8,12,15-16H,4-7,9-11,13-14H2,1-3H3/t15-/m0/s1. The van der Waals surface area contributed by atoms with Gasteiger partial charge in [-0.2, -0.15) is 0 Å². The number of aromatic nitrogens is 2. The summed E-state index contributed by atoms with van der Waals surface area (Å²) in [5.74, 6) is 1.35. The van der Waals surface area contributed by atoms with Crippen LogP contribution in [0.1, 0.15) is 31.5 Å². The van der Waals surface area contributed by atoms with Crippen molar-refractivity contribution < 1.29 is 4.79 Å². The van der Waals surface area contributed by atoms with E-state index in [0.717, 1.165) is 31.8 Å². The number of nitrogens with zero attached hydrogens (tertiary/aromatic N) is 5. The van der Waals surface area contributed by atoms with Gasteiger partial charge in [0.1, 0.15) is 5.82 Å². The van der Waals surface area contributed by atoms with Crippen LogP contribution >= 0.6 is 0 Å². The Morgan fingerprint density at radius 3 is 2.67 bits per heavy atom. The van der Waals surface area contributed by atoms with Crippen molar-refractivity contribution in [3.63, 3.8) is 0 Å². The highest BCUT2D eigenvalue weighted by Crippen LogP contribution is 2.24. The van der Waals surface area contributed by atoms with E-state index < -0.39 is 0 Å². The first-order chi connectivity index (χ1) is 11.5. The normalized spacial score (nSPS) is 24.2. The van der Waals surface area contributed by atoms with Crippen molar-refractivity contribution in [3.8, 4) is 0 Å². The van der Waals surface area contributed by atoms with Crippen molar-refractivity contribution in [2.24, 2.45) is 13.0 Å². The second-order valence-electron chi connectivity index (χ2n) is 7.52. The molecule has 0 N–H and O–H groups in total. The average Bonchev–Trinajstić information content (AvgIpc) is 3.00. The highest BCUT2D eigenvalue weighted by molar-refractivity contribution is 5.78. The molecule has 1 aromatic rings. The molecule has 3 heterocycles. The van der Waals surface area contributed by atoms with Crippen LogP contribution in [0, 0.1) is 5.92 Å². The third kappa shape index (κ3) is 3.98. The van der Waals surface area contributed by atoms with E-state index in [2.05, 4.69) is 21.8 Å². The van der Waals surface area contributed by atoms with Crippen molar-refractivity contribution in [2.75, 3.05) is 40.3 Å². The molecule has 6 nitrogen and oxygen atoms in total. The van der Waals surface area contributed by atoms with Crippen LogP contribution in [0.3, 0.4) is 0 Å². The van der Waals surface area contributed by atoms with E-state index in [1.807, 2.05) is 29.8 Å². The first-order valence-electron chi connectivity index (χ1n) is 9.18. The Labute approximate surface area is 145 Å². The summed E-state index contributed by atoms with van der Waals surface area (Å²) in [6, 6.07) is 0.664. The fraction of sp³-hybridized carbons (Fsp3) is 0.778. The Kier molecular flexibility index (Phi) is 5.56. The number of imidazole rings is 1. The molecule has 1 atom stereocenters. The summed E-state index contributed by atoms with van der Waals surface area (Å²) in [5, 5.41) is 0. The predicted molar refractivity (Wildman–Crippen MR) is 94.5 cm³/mol.